The third-order valence-electron chi connectivity index (χ3n) is 24.8. The number of benzene rings is 3. The molecule has 3 aliphatic rings. The highest BCUT2D eigenvalue weighted by molar-refractivity contribution is 6.55. The summed E-state index contributed by atoms with van der Waals surface area (Å²) in [6.45, 7) is 40.7. The van der Waals surface area contributed by atoms with E-state index in [1.54, 1.807) is 70.5 Å². The molecule has 12 heterocycles. The molecule has 6 atom stereocenters. The van der Waals surface area contributed by atoms with Gasteiger partial charge in [-0.15, -0.1) is 0 Å². The molecule has 0 spiro atoms. The highest BCUT2D eigenvalue weighted by Gasteiger charge is 2.42. The molecule has 15 rings (SSSR count). The molecule has 3 amide bonds. The maximum absolute atomic E-state index is 15.6. The normalized spacial score (nSPS) is 16.6. The van der Waals surface area contributed by atoms with Gasteiger partial charge < -0.3 is 44.7 Å². The Morgan fingerprint density at radius 2 is 0.624 bits per heavy atom. The molecule has 0 radical (unpaired) electrons. The Balaban J connectivity index is 0.000000178. The minimum Gasteiger partial charge on any atom is -0.506 e. The molecule has 3 fully saturated rings. The molecule has 0 unspecified atom stereocenters. The maximum Gasteiger partial charge on any atom is 0.276 e. The third kappa shape index (κ3) is 18.9. The number of nitrogens with zero attached hydrogens (tertiary/aromatic N) is 18. The van der Waals surface area contributed by atoms with Crippen LogP contribution >= 0.6 is 151 Å². The van der Waals surface area contributed by atoms with Crippen molar-refractivity contribution in [3.05, 3.63) is 251 Å². The predicted molar refractivity (Wildman–Crippen MR) is 557 cm³/mol. The monoisotopic (exact) mass is 2160 g/mol. The lowest BCUT2D eigenvalue weighted by atomic mass is 10.0. The van der Waals surface area contributed by atoms with E-state index >= 15 is 4.39 Å². The van der Waals surface area contributed by atoms with E-state index in [2.05, 4.69) is 57.9 Å². The predicted octanol–water partition coefficient (Wildman–Crippen LogP) is 24.0. The van der Waals surface area contributed by atoms with Gasteiger partial charge in [-0.25, -0.2) is 23.7 Å². The van der Waals surface area contributed by atoms with Gasteiger partial charge >= 0.3 is 0 Å². The van der Waals surface area contributed by atoms with Crippen molar-refractivity contribution >= 4 is 219 Å². The van der Waals surface area contributed by atoms with Crippen molar-refractivity contribution in [1.29, 1.82) is 15.8 Å². The Hall–Kier alpha value is -11.3. The van der Waals surface area contributed by atoms with E-state index in [1.165, 1.54) is 38.0 Å². The molecule has 3 saturated heterocycles. The number of carbonyl (C=O) groups is 3. The second-order valence-electron chi connectivity index (χ2n) is 35.1. The zero-order chi connectivity index (χ0) is 104. The number of piperazine rings is 3. The van der Waals surface area contributed by atoms with Crippen molar-refractivity contribution in [3.8, 4) is 86.3 Å². The van der Waals surface area contributed by atoms with Crippen LogP contribution in [-0.4, -0.2) is 167 Å². The minimum atomic E-state index is -1.37. The molecule has 9 aromatic heterocycles. The van der Waals surface area contributed by atoms with Gasteiger partial charge in [-0.05, 0) is 151 Å². The topological polar surface area (TPSA) is 346 Å². The van der Waals surface area contributed by atoms with Crippen molar-refractivity contribution in [2.24, 2.45) is 0 Å². The van der Waals surface area contributed by atoms with Gasteiger partial charge in [0.1, 0.15) is 89.2 Å². The molecule has 0 aliphatic carbocycles. The molecule has 3 aromatic carbocycles. The van der Waals surface area contributed by atoms with E-state index in [1.807, 2.05) is 112 Å². The summed E-state index contributed by atoms with van der Waals surface area (Å²) >= 11 is 83.4. The van der Waals surface area contributed by atoms with Crippen molar-refractivity contribution < 1.29 is 38.5 Å². The molecule has 3 N–H and O–H groups in total. The number of phenols is 3. The number of aromatic nitrogens is 9. The Kier molecular flexibility index (Phi) is 32.1. The molecular formula is C99H87Cl13F2N18O9. The molecule has 27 nitrogen and oxygen atoms in total. The maximum atomic E-state index is 15.6. The Bertz CT molecular complexity index is 6860. The Morgan fingerprint density at radius 1 is 0.383 bits per heavy atom. The first-order valence-corrected chi connectivity index (χ1v) is 48.6. The first-order chi connectivity index (χ1) is 66.5. The van der Waals surface area contributed by atoms with Crippen LogP contribution in [0.5, 0.6) is 17.2 Å². The average Bonchev–Trinajstić information content (AvgIpc) is 0.725. The van der Waals surface area contributed by atoms with Gasteiger partial charge in [0, 0.05) is 110 Å². The van der Waals surface area contributed by atoms with Gasteiger partial charge in [0.05, 0.1) is 130 Å². The molecular weight excluding hydrogens is 2080 g/mol. The van der Waals surface area contributed by atoms with Gasteiger partial charge in [-0.1, -0.05) is 212 Å². The van der Waals surface area contributed by atoms with Crippen molar-refractivity contribution in [1.82, 2.24) is 58.3 Å². The molecule has 42 heteroatoms. The molecule has 141 heavy (non-hydrogen) atoms. The summed E-state index contributed by atoms with van der Waals surface area (Å²) in [5.41, 5.74) is 2.23. The van der Waals surface area contributed by atoms with Crippen LogP contribution < -0.4 is 31.4 Å². The van der Waals surface area contributed by atoms with Gasteiger partial charge in [0.15, 0.2) is 11.6 Å². The van der Waals surface area contributed by atoms with Crippen molar-refractivity contribution in [2.45, 2.75) is 158 Å². The van der Waals surface area contributed by atoms with Crippen LogP contribution in [0.4, 0.5) is 25.8 Å². The van der Waals surface area contributed by atoms with Gasteiger partial charge in [0.25, 0.3) is 16.7 Å². The van der Waals surface area contributed by atoms with Crippen LogP contribution in [0.3, 0.4) is 0 Å². The first-order valence-electron chi connectivity index (χ1n) is 43.7. The molecule has 732 valence electrons. The fourth-order valence-corrected chi connectivity index (χ4v) is 21.8. The number of amides is 3. The SMILES string of the molecule is C=CC(=O)N1[C@H](C)CN(c2c(C#N)c(=O)n(-c3c(C)ccnc3C(C)C)c3nc(-c4c(O)c(Cl)c(Cl)c(Cl)c4Cl)c(Cl)cc23)C[C@@H]1C.C=CC(=O)N1[C@H](C)CN(c2c(C#N)c(=O)n(-c3c(C)ccnc3C(C)C)c3nc(-c4c(O)c(Cl)c(Cl)c(Cl)c4Cl)c(Cl)cc23)C[C@@H]1C.C=CC(=O)N1[C@H](C)CN(c2c(C#N)c(=O)n(-c3c(C)ccnc3C(C)C)c3nc(-c4c(O)c(Cl)c(F)c(Cl)c4F)c(Cl)cc23)C[C@@H]1C. The summed E-state index contributed by atoms with van der Waals surface area (Å²) in [7, 11) is 0. The highest BCUT2D eigenvalue weighted by atomic mass is 35.5. The van der Waals surface area contributed by atoms with Gasteiger partial charge in [-0.2, -0.15) is 15.8 Å². The number of aromatic hydroxyl groups is 3. The lowest BCUT2D eigenvalue weighted by Gasteiger charge is -2.45. The molecule has 0 bridgehead atoms. The average molecular weight is 2170 g/mol. The van der Waals surface area contributed by atoms with E-state index in [0.29, 0.717) is 99.2 Å². The summed E-state index contributed by atoms with van der Waals surface area (Å²) in [6.07, 6.45) is 8.67. The van der Waals surface area contributed by atoms with Crippen LogP contribution in [0.1, 0.15) is 151 Å². The van der Waals surface area contributed by atoms with E-state index in [-0.39, 0.29) is 213 Å². The highest BCUT2D eigenvalue weighted by Crippen LogP contribution is 2.55. The number of rotatable bonds is 15. The smallest absolute Gasteiger partial charge is 0.276 e. The zero-order valence-electron chi connectivity index (χ0n) is 78.0. The molecule has 12 aromatic rings. The summed E-state index contributed by atoms with van der Waals surface area (Å²) in [4.78, 5) is 120. The number of phenolic OH excluding ortho intramolecular Hbond substituents is 3. The van der Waals surface area contributed by atoms with Crippen LogP contribution in [0, 0.1) is 66.4 Å². The number of pyridine rings is 9. The summed E-state index contributed by atoms with van der Waals surface area (Å²) < 4.78 is 34.0. The van der Waals surface area contributed by atoms with Gasteiger partial charge in [-0.3, -0.25) is 57.4 Å². The number of aryl methyl sites for hydroxylation is 3. The number of nitriles is 3. The molecule has 0 saturated carbocycles. The number of hydrogen-bond acceptors (Lipinski definition) is 21. The number of halogens is 15. The zero-order valence-corrected chi connectivity index (χ0v) is 87.8. The van der Waals surface area contributed by atoms with E-state index in [9.17, 15) is 64.3 Å². The fourth-order valence-electron chi connectivity index (χ4n) is 18.7. The Morgan fingerprint density at radius 3 is 0.865 bits per heavy atom. The Labute approximate surface area is 873 Å². The van der Waals surface area contributed by atoms with Crippen molar-refractivity contribution in [3.63, 3.8) is 0 Å². The van der Waals surface area contributed by atoms with Gasteiger partial charge in [0.2, 0.25) is 17.7 Å². The van der Waals surface area contributed by atoms with Crippen LogP contribution in [-0.2, 0) is 14.4 Å². The van der Waals surface area contributed by atoms with E-state index in [4.69, 9.17) is 161 Å². The number of fused-ring (bicyclic) bond motifs is 3. The van der Waals surface area contributed by atoms with Crippen LogP contribution in [0.2, 0.25) is 65.3 Å². The summed E-state index contributed by atoms with van der Waals surface area (Å²) in [5.74, 6) is -5.85. The number of carbonyl (C=O) groups excluding carboxylic acids is 3. The fraction of sp³-hybridized carbons (Fsp3) is 0.303. The number of hydrogen-bond donors (Lipinski definition) is 3. The standard InChI is InChI=1S/2C33H29Cl5N6O3.C33H29Cl3F2N6O3/c2*1-7-21(45)43-16(5)12-42(13-17(43)6)30-18-10-20(34)28(22-23(35)24(36)25(37)26(38)31(22)46)41-32(18)44(33(47)19(30)11-39)29-15(4)8-9-40-27(29)14(2)3;1-7-21(45)43-16(5)12-42(13-17(43)6)30-18-10-20(34)28(22-25(37)23(35)26(38)24(36)31(22)46)41-32(18)44(33(47)19(30)11-39)29-15(4)8-9-40-27(29)14(2)3/h3*7-10,14,16-17,46H,1,12-13H2,2-6H3/t3*16-,17+. The second-order valence-corrected chi connectivity index (χ2v) is 40.1. The van der Waals surface area contributed by atoms with Crippen LogP contribution in [0.15, 0.2) is 107 Å². The van der Waals surface area contributed by atoms with E-state index < -0.39 is 61.2 Å². The lowest BCUT2D eigenvalue weighted by Crippen LogP contribution is -2.58. The largest absolute Gasteiger partial charge is 0.506 e. The third-order valence-corrected chi connectivity index (χ3v) is 29.9. The van der Waals surface area contributed by atoms with Crippen molar-refractivity contribution in [2.75, 3.05) is 54.0 Å². The minimum absolute atomic E-state index is 0.0213. The lowest BCUT2D eigenvalue weighted by molar-refractivity contribution is -0.131. The second kappa shape index (κ2) is 42.3. The summed E-state index contributed by atoms with van der Waals surface area (Å²) in [6, 6.07) is 14.2. The quantitative estimate of drug-likeness (QED) is 0.0487. The number of anilines is 3. The summed E-state index contributed by atoms with van der Waals surface area (Å²) in [5, 5.41) is 62.2. The van der Waals surface area contributed by atoms with E-state index in [0.717, 1.165) is 0 Å². The first kappa shape index (κ1) is 107. The van der Waals surface area contributed by atoms with Crippen LogP contribution in [0.25, 0.3) is 83.9 Å². The molecule has 3 aliphatic heterocycles.